The average Bonchev–Trinajstić information content (AvgIpc) is 2.84. The quantitative estimate of drug-likeness (QED) is 0.600. The van der Waals surface area contributed by atoms with Crippen LogP contribution in [-0.4, -0.2) is 60.4 Å². The zero-order valence-electron chi connectivity index (χ0n) is 19.4. The molecular formula is C25H38N4O3. The fourth-order valence-corrected chi connectivity index (χ4v) is 4.64. The summed E-state index contributed by atoms with van der Waals surface area (Å²) in [6.07, 6.45) is 7.82. The van der Waals surface area contributed by atoms with E-state index < -0.39 is 0 Å². The number of anilines is 1. The molecule has 7 nitrogen and oxygen atoms in total. The van der Waals surface area contributed by atoms with Crippen LogP contribution < -0.4 is 10.6 Å². The summed E-state index contributed by atoms with van der Waals surface area (Å²) in [6, 6.07) is 9.22. The summed E-state index contributed by atoms with van der Waals surface area (Å²) in [5, 5.41) is 5.97. The molecule has 2 aliphatic rings. The Morgan fingerprint density at radius 2 is 1.59 bits per heavy atom. The molecule has 1 aromatic rings. The molecule has 0 saturated carbocycles. The molecule has 32 heavy (non-hydrogen) atoms. The van der Waals surface area contributed by atoms with Crippen molar-refractivity contribution in [3.05, 3.63) is 30.3 Å². The lowest BCUT2D eigenvalue weighted by Gasteiger charge is -2.38. The topological polar surface area (TPSA) is 81.8 Å². The maximum absolute atomic E-state index is 13.2. The van der Waals surface area contributed by atoms with Gasteiger partial charge in [-0.05, 0) is 44.2 Å². The van der Waals surface area contributed by atoms with Crippen molar-refractivity contribution in [1.82, 2.24) is 15.1 Å². The van der Waals surface area contributed by atoms with E-state index in [1.807, 2.05) is 35.2 Å². The summed E-state index contributed by atoms with van der Waals surface area (Å²) in [5.41, 5.74) is 0.755. The lowest BCUT2D eigenvalue weighted by molar-refractivity contribution is -0.140. The molecule has 2 atom stereocenters. The van der Waals surface area contributed by atoms with Gasteiger partial charge in [-0.1, -0.05) is 44.4 Å². The Labute approximate surface area is 191 Å². The molecule has 176 valence electrons. The van der Waals surface area contributed by atoms with Crippen LogP contribution in [0.15, 0.2) is 30.3 Å². The summed E-state index contributed by atoms with van der Waals surface area (Å²) in [7, 11) is 0. The molecule has 2 unspecified atom stereocenters. The number of unbranched alkanes of at least 4 members (excludes halogenated alkanes) is 3. The maximum Gasteiger partial charge on any atom is 0.321 e. The number of amides is 4. The smallest absolute Gasteiger partial charge is 0.321 e. The molecule has 2 saturated heterocycles. The highest BCUT2D eigenvalue weighted by atomic mass is 16.2. The SMILES string of the molecule is CCCCCCNC(=O)C1CCCN(C(=O)C2CCCN(C(=O)Nc3ccccc3)C2)C1. The number of nitrogens with zero attached hydrogens (tertiary/aromatic N) is 2. The van der Waals surface area contributed by atoms with Crippen LogP contribution >= 0.6 is 0 Å². The lowest BCUT2D eigenvalue weighted by atomic mass is 9.92. The van der Waals surface area contributed by atoms with Crippen molar-refractivity contribution in [3.8, 4) is 0 Å². The van der Waals surface area contributed by atoms with Crippen molar-refractivity contribution >= 4 is 23.5 Å². The van der Waals surface area contributed by atoms with Gasteiger partial charge in [0.2, 0.25) is 11.8 Å². The summed E-state index contributed by atoms with van der Waals surface area (Å²) in [6.45, 7) is 5.18. The van der Waals surface area contributed by atoms with Crippen LogP contribution in [0.1, 0.15) is 58.3 Å². The summed E-state index contributed by atoms with van der Waals surface area (Å²) in [5.74, 6) is -0.157. The van der Waals surface area contributed by atoms with Crippen molar-refractivity contribution in [3.63, 3.8) is 0 Å². The molecule has 0 aliphatic carbocycles. The normalized spacial score (nSPS) is 21.2. The van der Waals surface area contributed by atoms with Crippen molar-refractivity contribution in [2.45, 2.75) is 58.3 Å². The molecular weight excluding hydrogens is 404 g/mol. The van der Waals surface area contributed by atoms with Gasteiger partial charge in [0.05, 0.1) is 11.8 Å². The number of para-hydroxylation sites is 1. The van der Waals surface area contributed by atoms with E-state index in [0.717, 1.165) is 50.8 Å². The number of hydrogen-bond donors (Lipinski definition) is 2. The van der Waals surface area contributed by atoms with Gasteiger partial charge in [0.25, 0.3) is 0 Å². The fraction of sp³-hybridized carbons (Fsp3) is 0.640. The highest BCUT2D eigenvalue weighted by Gasteiger charge is 2.34. The van der Waals surface area contributed by atoms with Crippen LogP contribution in [0.5, 0.6) is 0 Å². The lowest BCUT2D eigenvalue weighted by Crippen LogP contribution is -2.51. The number of likely N-dealkylation sites (tertiary alicyclic amines) is 2. The minimum absolute atomic E-state index is 0.0755. The second-order valence-corrected chi connectivity index (χ2v) is 9.06. The van der Waals surface area contributed by atoms with Crippen LogP contribution in [-0.2, 0) is 9.59 Å². The van der Waals surface area contributed by atoms with E-state index >= 15 is 0 Å². The Kier molecular flexibility index (Phi) is 9.38. The Morgan fingerprint density at radius 3 is 2.34 bits per heavy atom. The number of nitrogens with one attached hydrogen (secondary N) is 2. The van der Waals surface area contributed by atoms with Crippen molar-refractivity contribution in [2.75, 3.05) is 38.0 Å². The molecule has 2 N–H and O–H groups in total. The molecule has 7 heteroatoms. The van der Waals surface area contributed by atoms with Crippen LogP contribution in [0, 0.1) is 11.8 Å². The van der Waals surface area contributed by atoms with E-state index in [1.54, 1.807) is 4.90 Å². The molecule has 4 amide bonds. The fourth-order valence-electron chi connectivity index (χ4n) is 4.64. The zero-order chi connectivity index (χ0) is 22.8. The van der Waals surface area contributed by atoms with Crippen molar-refractivity contribution < 1.29 is 14.4 Å². The average molecular weight is 443 g/mol. The predicted molar refractivity (Wildman–Crippen MR) is 126 cm³/mol. The minimum atomic E-state index is -0.193. The first-order valence-corrected chi connectivity index (χ1v) is 12.3. The second-order valence-electron chi connectivity index (χ2n) is 9.06. The van der Waals surface area contributed by atoms with Gasteiger partial charge in [-0.3, -0.25) is 9.59 Å². The highest BCUT2D eigenvalue weighted by Crippen LogP contribution is 2.24. The first-order chi connectivity index (χ1) is 15.6. The minimum Gasteiger partial charge on any atom is -0.356 e. The van der Waals surface area contributed by atoms with E-state index in [1.165, 1.54) is 12.8 Å². The van der Waals surface area contributed by atoms with Crippen LogP contribution in [0.4, 0.5) is 10.5 Å². The Bertz CT molecular complexity index is 755. The maximum atomic E-state index is 13.2. The van der Waals surface area contributed by atoms with Gasteiger partial charge in [-0.25, -0.2) is 4.79 Å². The van der Waals surface area contributed by atoms with Gasteiger partial charge in [0.1, 0.15) is 0 Å². The molecule has 1 aromatic carbocycles. The van der Waals surface area contributed by atoms with E-state index in [9.17, 15) is 14.4 Å². The van der Waals surface area contributed by atoms with E-state index in [4.69, 9.17) is 0 Å². The largest absolute Gasteiger partial charge is 0.356 e. The molecule has 3 rings (SSSR count). The standard InChI is InChI=1S/C25H38N4O3/c1-2-3-4-8-15-26-23(30)20-11-9-16-28(18-20)24(31)21-12-10-17-29(19-21)25(32)27-22-13-6-5-7-14-22/h5-7,13-14,20-21H,2-4,8-12,15-19H2,1H3,(H,26,30)(H,27,32). The highest BCUT2D eigenvalue weighted by molar-refractivity contribution is 5.90. The summed E-state index contributed by atoms with van der Waals surface area (Å²) >= 11 is 0. The van der Waals surface area contributed by atoms with Crippen molar-refractivity contribution in [2.24, 2.45) is 11.8 Å². The van der Waals surface area contributed by atoms with Gasteiger partial charge in [0.15, 0.2) is 0 Å². The van der Waals surface area contributed by atoms with E-state index in [-0.39, 0.29) is 29.7 Å². The third kappa shape index (κ3) is 6.97. The number of hydrogen-bond acceptors (Lipinski definition) is 3. The first-order valence-electron chi connectivity index (χ1n) is 12.3. The first kappa shape index (κ1) is 24.1. The van der Waals surface area contributed by atoms with Crippen LogP contribution in [0.25, 0.3) is 0 Å². The zero-order valence-corrected chi connectivity index (χ0v) is 19.4. The number of carbonyl (C=O) groups is 3. The third-order valence-corrected chi connectivity index (χ3v) is 6.52. The van der Waals surface area contributed by atoms with Gasteiger partial charge in [-0.2, -0.15) is 0 Å². The molecule has 2 heterocycles. The number of carbonyl (C=O) groups excluding carboxylic acids is 3. The Hall–Kier alpha value is -2.57. The molecule has 2 fully saturated rings. The molecule has 0 aromatic heterocycles. The van der Waals surface area contributed by atoms with Crippen molar-refractivity contribution in [1.29, 1.82) is 0 Å². The number of urea groups is 1. The summed E-state index contributed by atoms with van der Waals surface area (Å²) < 4.78 is 0. The van der Waals surface area contributed by atoms with Gasteiger partial charge >= 0.3 is 6.03 Å². The van der Waals surface area contributed by atoms with E-state index in [0.29, 0.717) is 26.2 Å². The van der Waals surface area contributed by atoms with E-state index in [2.05, 4.69) is 17.6 Å². The molecule has 0 bridgehead atoms. The monoisotopic (exact) mass is 442 g/mol. The molecule has 2 aliphatic heterocycles. The number of rotatable bonds is 8. The Morgan fingerprint density at radius 1 is 0.906 bits per heavy atom. The van der Waals surface area contributed by atoms with Gasteiger partial charge < -0.3 is 20.4 Å². The number of benzene rings is 1. The predicted octanol–water partition coefficient (Wildman–Crippen LogP) is 3.87. The van der Waals surface area contributed by atoms with Gasteiger partial charge in [0, 0.05) is 38.4 Å². The number of piperidine rings is 2. The second kappa shape index (κ2) is 12.5. The third-order valence-electron chi connectivity index (χ3n) is 6.52. The Balaban J connectivity index is 1.48. The van der Waals surface area contributed by atoms with Gasteiger partial charge in [-0.15, -0.1) is 0 Å². The van der Waals surface area contributed by atoms with Crippen LogP contribution in [0.3, 0.4) is 0 Å². The van der Waals surface area contributed by atoms with Crippen LogP contribution in [0.2, 0.25) is 0 Å². The summed E-state index contributed by atoms with van der Waals surface area (Å²) in [4.78, 5) is 42.0. The molecule has 0 radical (unpaired) electrons. The molecule has 0 spiro atoms.